The van der Waals surface area contributed by atoms with E-state index >= 15 is 0 Å². The van der Waals surface area contributed by atoms with Crippen LogP contribution in [0.25, 0.3) is 0 Å². The minimum Gasteiger partial charge on any atom is -0.437 e. The number of hydrogen-bond donors (Lipinski definition) is 2. The summed E-state index contributed by atoms with van der Waals surface area (Å²) in [5.41, 5.74) is 1.36. The Morgan fingerprint density at radius 2 is 2.12 bits per heavy atom. The molecule has 0 aliphatic heterocycles. The third-order valence-electron chi connectivity index (χ3n) is 2.47. The van der Waals surface area contributed by atoms with Gasteiger partial charge in [-0.15, -0.1) is 6.58 Å². The van der Waals surface area contributed by atoms with Gasteiger partial charge in [-0.3, -0.25) is 0 Å². The lowest BCUT2D eigenvalue weighted by Crippen LogP contribution is -2.41. The zero-order valence-electron chi connectivity index (χ0n) is 9.95. The molecule has 0 saturated heterocycles. The second kappa shape index (κ2) is 6.88. The van der Waals surface area contributed by atoms with E-state index in [2.05, 4.69) is 11.7 Å². The van der Waals surface area contributed by atoms with Gasteiger partial charge >= 0.3 is 7.05 Å². The highest BCUT2D eigenvalue weighted by molar-refractivity contribution is 6.45. The summed E-state index contributed by atoms with van der Waals surface area (Å²) in [4.78, 5) is 1.75. The predicted octanol–water partition coefficient (Wildman–Crippen LogP) is 1.46. The summed E-state index contributed by atoms with van der Waals surface area (Å²) in [6.07, 6.45) is 1.70. The van der Waals surface area contributed by atoms with E-state index in [1.54, 1.807) is 17.7 Å². The van der Waals surface area contributed by atoms with Crippen molar-refractivity contribution in [1.82, 2.24) is 4.81 Å². The smallest absolute Gasteiger partial charge is 0.377 e. The third kappa shape index (κ3) is 4.05. The van der Waals surface area contributed by atoms with Crippen molar-refractivity contribution < 1.29 is 10.2 Å². The van der Waals surface area contributed by atoms with Crippen molar-refractivity contribution >= 4 is 12.8 Å². The van der Waals surface area contributed by atoms with Crippen LogP contribution >= 0.6 is 0 Å². The van der Waals surface area contributed by atoms with E-state index in [-0.39, 0.29) is 0 Å². The standard InChI is InChI=1S/C12H17BN2O2/c1-3-9-15(13(2)16)10-12(14-17)11-7-5-4-6-8-11/h3-8,16-17H,1,9-10H2,2H3/b14-12-. The van der Waals surface area contributed by atoms with Gasteiger partial charge < -0.3 is 15.0 Å². The van der Waals surface area contributed by atoms with Crippen LogP contribution in [0.3, 0.4) is 0 Å². The van der Waals surface area contributed by atoms with Gasteiger partial charge in [0.25, 0.3) is 0 Å². The summed E-state index contributed by atoms with van der Waals surface area (Å²) in [6, 6.07) is 9.38. The van der Waals surface area contributed by atoms with E-state index < -0.39 is 7.05 Å². The van der Waals surface area contributed by atoms with Crippen LogP contribution in [0.15, 0.2) is 48.1 Å². The fraction of sp³-hybridized carbons (Fsp3) is 0.250. The fourth-order valence-corrected chi connectivity index (χ4v) is 1.52. The monoisotopic (exact) mass is 232 g/mol. The van der Waals surface area contributed by atoms with Crippen molar-refractivity contribution in [2.75, 3.05) is 13.1 Å². The molecule has 0 atom stereocenters. The minimum atomic E-state index is -0.617. The molecule has 0 unspecified atom stereocenters. The molecule has 1 aromatic rings. The SMILES string of the molecule is C=CCN(C/C(=N/O)c1ccccc1)B(C)O. The second-order valence-corrected chi connectivity index (χ2v) is 3.76. The van der Waals surface area contributed by atoms with Crippen molar-refractivity contribution in [3.63, 3.8) is 0 Å². The molecule has 0 radical (unpaired) electrons. The van der Waals surface area contributed by atoms with Gasteiger partial charge in [-0.1, -0.05) is 41.6 Å². The Hall–Kier alpha value is -1.59. The second-order valence-electron chi connectivity index (χ2n) is 3.76. The highest BCUT2D eigenvalue weighted by Gasteiger charge is 2.17. The van der Waals surface area contributed by atoms with Gasteiger partial charge in [0.1, 0.15) is 0 Å². The van der Waals surface area contributed by atoms with Crippen LogP contribution in [0, 0.1) is 0 Å². The Morgan fingerprint density at radius 1 is 1.47 bits per heavy atom. The Kier molecular flexibility index (Phi) is 5.46. The van der Waals surface area contributed by atoms with Gasteiger partial charge in [0.2, 0.25) is 0 Å². The van der Waals surface area contributed by atoms with E-state index in [4.69, 9.17) is 5.21 Å². The number of benzene rings is 1. The average Bonchev–Trinajstić information content (AvgIpc) is 2.35. The normalized spacial score (nSPS) is 11.6. The molecule has 0 fully saturated rings. The molecule has 0 saturated carbocycles. The summed E-state index contributed by atoms with van der Waals surface area (Å²) < 4.78 is 0. The highest BCUT2D eigenvalue weighted by Crippen LogP contribution is 2.04. The van der Waals surface area contributed by atoms with Crippen LogP contribution in [0.4, 0.5) is 0 Å². The van der Waals surface area contributed by atoms with Crippen LogP contribution in [-0.2, 0) is 0 Å². The molecule has 0 amide bonds. The van der Waals surface area contributed by atoms with E-state index in [9.17, 15) is 5.02 Å². The number of rotatable bonds is 6. The summed E-state index contributed by atoms with van der Waals surface area (Å²) in [6.45, 7) is 6.20. The maximum atomic E-state index is 9.58. The molecule has 0 heterocycles. The Balaban J connectivity index is 2.79. The Morgan fingerprint density at radius 3 is 2.59 bits per heavy atom. The Bertz CT molecular complexity index is 379. The maximum Gasteiger partial charge on any atom is 0.377 e. The lowest BCUT2D eigenvalue weighted by Gasteiger charge is -2.21. The molecule has 1 rings (SSSR count). The zero-order chi connectivity index (χ0) is 12.7. The predicted molar refractivity (Wildman–Crippen MR) is 70.4 cm³/mol. The number of hydrogen-bond acceptors (Lipinski definition) is 4. The molecule has 0 spiro atoms. The summed E-state index contributed by atoms with van der Waals surface area (Å²) in [7, 11) is -0.617. The van der Waals surface area contributed by atoms with Crippen molar-refractivity contribution in [3.05, 3.63) is 48.6 Å². The topological polar surface area (TPSA) is 56.1 Å². The highest BCUT2D eigenvalue weighted by atomic mass is 16.4. The molecule has 17 heavy (non-hydrogen) atoms. The van der Waals surface area contributed by atoms with Crippen molar-refractivity contribution in [2.24, 2.45) is 5.16 Å². The number of oxime groups is 1. The van der Waals surface area contributed by atoms with Gasteiger partial charge in [0, 0.05) is 18.7 Å². The first kappa shape index (κ1) is 13.5. The van der Waals surface area contributed by atoms with Gasteiger partial charge in [-0.25, -0.2) is 0 Å². The lowest BCUT2D eigenvalue weighted by molar-refractivity contribution is 0.315. The van der Waals surface area contributed by atoms with Gasteiger partial charge in [-0.2, -0.15) is 0 Å². The number of nitrogens with zero attached hydrogens (tertiary/aromatic N) is 2. The van der Waals surface area contributed by atoms with E-state index in [0.717, 1.165) is 5.56 Å². The van der Waals surface area contributed by atoms with Crippen molar-refractivity contribution in [2.45, 2.75) is 6.82 Å². The van der Waals surface area contributed by atoms with Gasteiger partial charge in [-0.05, 0) is 6.82 Å². The molecule has 0 aromatic heterocycles. The molecule has 5 heteroatoms. The van der Waals surface area contributed by atoms with Gasteiger partial charge in [0.15, 0.2) is 0 Å². The lowest BCUT2D eigenvalue weighted by atomic mass is 9.84. The molecule has 4 nitrogen and oxygen atoms in total. The molecular weight excluding hydrogens is 215 g/mol. The molecule has 90 valence electrons. The maximum absolute atomic E-state index is 9.58. The largest absolute Gasteiger partial charge is 0.437 e. The third-order valence-corrected chi connectivity index (χ3v) is 2.47. The van der Waals surface area contributed by atoms with Gasteiger partial charge in [0.05, 0.1) is 5.71 Å². The molecule has 0 bridgehead atoms. The first-order chi connectivity index (χ1) is 8.19. The first-order valence-electron chi connectivity index (χ1n) is 5.48. The van der Waals surface area contributed by atoms with Crippen molar-refractivity contribution in [3.8, 4) is 0 Å². The minimum absolute atomic E-state index is 0.365. The Labute approximate surface area is 102 Å². The summed E-state index contributed by atoms with van der Waals surface area (Å²) >= 11 is 0. The summed E-state index contributed by atoms with van der Waals surface area (Å²) in [5, 5.41) is 21.9. The van der Waals surface area contributed by atoms with Crippen molar-refractivity contribution in [1.29, 1.82) is 0 Å². The fourth-order valence-electron chi connectivity index (χ4n) is 1.52. The van der Waals surface area contributed by atoms with Crippen LogP contribution < -0.4 is 0 Å². The van der Waals surface area contributed by atoms with Crippen LogP contribution in [0.2, 0.25) is 6.82 Å². The first-order valence-corrected chi connectivity index (χ1v) is 5.48. The zero-order valence-corrected chi connectivity index (χ0v) is 9.95. The van der Waals surface area contributed by atoms with E-state index in [1.807, 2.05) is 30.3 Å². The quantitative estimate of drug-likeness (QED) is 0.256. The van der Waals surface area contributed by atoms with E-state index in [1.165, 1.54) is 0 Å². The molecule has 2 N–H and O–H groups in total. The molecule has 1 aromatic carbocycles. The van der Waals surface area contributed by atoms with Crippen LogP contribution in [-0.4, -0.2) is 40.9 Å². The average molecular weight is 232 g/mol. The summed E-state index contributed by atoms with van der Waals surface area (Å²) in [5.74, 6) is 0. The van der Waals surface area contributed by atoms with Crippen LogP contribution in [0.1, 0.15) is 5.56 Å². The van der Waals surface area contributed by atoms with Crippen LogP contribution in [0.5, 0.6) is 0 Å². The van der Waals surface area contributed by atoms with E-state index in [0.29, 0.717) is 18.8 Å². The molecular formula is C12H17BN2O2. The molecule has 0 aliphatic carbocycles. The molecule has 0 aliphatic rings.